The van der Waals surface area contributed by atoms with Crippen molar-refractivity contribution in [3.63, 3.8) is 0 Å². The summed E-state index contributed by atoms with van der Waals surface area (Å²) in [5.41, 5.74) is 2.77. The number of aryl methyl sites for hydroxylation is 1. The van der Waals surface area contributed by atoms with Gasteiger partial charge in [0.1, 0.15) is 0 Å². The monoisotopic (exact) mass is 301 g/mol. The standard InChI is InChI=1S/C19H15N3O/c20-11-4-13-22-14-12-21-19(22)18(23)17-9-7-16(8-10-17)15-5-2-1-3-6-15/h1-3,5-10,12,14H,4,13H2. The Bertz CT molecular complexity index is 842. The van der Waals surface area contributed by atoms with Crippen LogP contribution in [0.3, 0.4) is 0 Å². The van der Waals surface area contributed by atoms with Crippen LogP contribution in [0.1, 0.15) is 22.6 Å². The number of nitriles is 1. The Hall–Kier alpha value is -3.19. The Balaban J connectivity index is 1.84. The maximum atomic E-state index is 12.6. The van der Waals surface area contributed by atoms with Crippen molar-refractivity contribution in [1.29, 1.82) is 5.26 Å². The number of hydrogen-bond donors (Lipinski definition) is 0. The van der Waals surface area contributed by atoms with E-state index in [1.165, 1.54) is 0 Å². The number of carbonyl (C=O) groups excluding carboxylic acids is 1. The van der Waals surface area contributed by atoms with E-state index in [-0.39, 0.29) is 5.78 Å². The number of imidazole rings is 1. The molecule has 2 aromatic carbocycles. The summed E-state index contributed by atoms with van der Waals surface area (Å²) in [4.78, 5) is 16.7. The molecule has 112 valence electrons. The van der Waals surface area contributed by atoms with Gasteiger partial charge in [0.2, 0.25) is 5.78 Å². The van der Waals surface area contributed by atoms with Gasteiger partial charge in [-0.1, -0.05) is 54.6 Å². The number of aromatic nitrogens is 2. The molecule has 0 N–H and O–H groups in total. The van der Waals surface area contributed by atoms with Gasteiger partial charge >= 0.3 is 0 Å². The van der Waals surface area contributed by atoms with Crippen LogP contribution in [0.25, 0.3) is 11.1 Å². The van der Waals surface area contributed by atoms with Crippen LogP contribution in [-0.2, 0) is 6.54 Å². The molecule has 0 atom stereocenters. The number of carbonyl (C=O) groups is 1. The Morgan fingerprint density at radius 2 is 1.74 bits per heavy atom. The van der Waals surface area contributed by atoms with Crippen LogP contribution >= 0.6 is 0 Å². The highest BCUT2D eigenvalue weighted by atomic mass is 16.1. The fraction of sp³-hybridized carbons (Fsp3) is 0.105. The summed E-state index contributed by atoms with van der Waals surface area (Å²) >= 11 is 0. The summed E-state index contributed by atoms with van der Waals surface area (Å²) in [6, 6.07) is 19.6. The molecule has 3 aromatic rings. The van der Waals surface area contributed by atoms with Crippen molar-refractivity contribution < 1.29 is 4.79 Å². The lowest BCUT2D eigenvalue weighted by atomic mass is 10.0. The fourth-order valence-corrected chi connectivity index (χ4v) is 2.44. The Kier molecular flexibility index (Phi) is 4.30. The number of ketones is 1. The van der Waals surface area contributed by atoms with Crippen LogP contribution in [0.15, 0.2) is 67.0 Å². The smallest absolute Gasteiger partial charge is 0.228 e. The molecule has 4 nitrogen and oxygen atoms in total. The van der Waals surface area contributed by atoms with Crippen molar-refractivity contribution in [2.24, 2.45) is 0 Å². The van der Waals surface area contributed by atoms with Gasteiger partial charge in [0.05, 0.1) is 12.5 Å². The van der Waals surface area contributed by atoms with E-state index in [9.17, 15) is 4.79 Å². The molecule has 0 saturated heterocycles. The van der Waals surface area contributed by atoms with Crippen LogP contribution in [0, 0.1) is 11.3 Å². The SMILES string of the molecule is N#CCCn1ccnc1C(=O)c1ccc(-c2ccccc2)cc1. The first kappa shape index (κ1) is 14.7. The number of hydrogen-bond acceptors (Lipinski definition) is 3. The van der Waals surface area contributed by atoms with Crippen molar-refractivity contribution in [2.75, 3.05) is 0 Å². The van der Waals surface area contributed by atoms with Crippen molar-refractivity contribution in [3.8, 4) is 17.2 Å². The van der Waals surface area contributed by atoms with Gasteiger partial charge < -0.3 is 4.57 Å². The van der Waals surface area contributed by atoms with E-state index in [1.807, 2.05) is 54.6 Å². The largest absolute Gasteiger partial charge is 0.327 e. The molecule has 0 bridgehead atoms. The van der Waals surface area contributed by atoms with Crippen LogP contribution < -0.4 is 0 Å². The molecule has 3 rings (SSSR count). The summed E-state index contributed by atoms with van der Waals surface area (Å²) in [6.45, 7) is 0.472. The molecule has 0 amide bonds. The lowest BCUT2D eigenvalue weighted by molar-refractivity contribution is 0.102. The van der Waals surface area contributed by atoms with Crippen LogP contribution in [-0.4, -0.2) is 15.3 Å². The molecule has 0 aliphatic rings. The summed E-state index contributed by atoms with van der Waals surface area (Å²) in [5.74, 6) is 0.236. The maximum absolute atomic E-state index is 12.6. The Labute approximate surface area is 134 Å². The van der Waals surface area contributed by atoms with Gasteiger partial charge in [0, 0.05) is 24.5 Å². The van der Waals surface area contributed by atoms with Crippen molar-refractivity contribution in [3.05, 3.63) is 78.4 Å². The average molecular weight is 301 g/mol. The Morgan fingerprint density at radius 3 is 2.43 bits per heavy atom. The van der Waals surface area contributed by atoms with E-state index in [1.54, 1.807) is 17.0 Å². The number of rotatable bonds is 5. The van der Waals surface area contributed by atoms with E-state index < -0.39 is 0 Å². The van der Waals surface area contributed by atoms with Crippen LogP contribution in [0.4, 0.5) is 0 Å². The minimum Gasteiger partial charge on any atom is -0.327 e. The molecular formula is C19H15N3O. The molecule has 1 aromatic heterocycles. The minimum absolute atomic E-state index is 0.132. The molecule has 0 unspecified atom stereocenters. The molecule has 0 aliphatic carbocycles. The molecule has 0 radical (unpaired) electrons. The van der Waals surface area contributed by atoms with Crippen molar-refractivity contribution in [2.45, 2.75) is 13.0 Å². The predicted octanol–water partition coefficient (Wildman–Crippen LogP) is 3.69. The van der Waals surface area contributed by atoms with Gasteiger partial charge in [-0.05, 0) is 11.1 Å². The summed E-state index contributed by atoms with van der Waals surface area (Å²) in [5, 5.41) is 8.68. The van der Waals surface area contributed by atoms with Gasteiger partial charge in [-0.2, -0.15) is 5.26 Å². The summed E-state index contributed by atoms with van der Waals surface area (Å²) < 4.78 is 1.72. The molecular weight excluding hydrogens is 286 g/mol. The van der Waals surface area contributed by atoms with E-state index in [4.69, 9.17) is 5.26 Å². The third kappa shape index (κ3) is 3.19. The summed E-state index contributed by atoms with van der Waals surface area (Å²) in [7, 11) is 0. The molecule has 0 fully saturated rings. The van der Waals surface area contributed by atoms with E-state index in [2.05, 4.69) is 11.1 Å². The lowest BCUT2D eigenvalue weighted by Crippen LogP contribution is -2.11. The van der Waals surface area contributed by atoms with Crippen molar-refractivity contribution >= 4 is 5.78 Å². The van der Waals surface area contributed by atoms with Crippen molar-refractivity contribution in [1.82, 2.24) is 9.55 Å². The zero-order valence-electron chi connectivity index (χ0n) is 12.5. The second-order valence-electron chi connectivity index (χ2n) is 5.12. The van der Waals surface area contributed by atoms with Gasteiger partial charge in [-0.25, -0.2) is 4.98 Å². The average Bonchev–Trinajstić information content (AvgIpc) is 3.08. The third-order valence-electron chi connectivity index (χ3n) is 3.64. The van der Waals surface area contributed by atoms with Crippen LogP contribution in [0.2, 0.25) is 0 Å². The zero-order chi connectivity index (χ0) is 16.1. The first-order valence-corrected chi connectivity index (χ1v) is 7.38. The first-order chi connectivity index (χ1) is 11.3. The molecule has 0 aliphatic heterocycles. The second kappa shape index (κ2) is 6.71. The highest BCUT2D eigenvalue weighted by molar-refractivity contribution is 6.06. The van der Waals surface area contributed by atoms with Gasteiger partial charge in [0.15, 0.2) is 5.82 Å². The molecule has 1 heterocycles. The highest BCUT2D eigenvalue weighted by Crippen LogP contribution is 2.20. The summed E-state index contributed by atoms with van der Waals surface area (Å²) in [6.07, 6.45) is 3.66. The quantitative estimate of drug-likeness (QED) is 0.675. The molecule has 23 heavy (non-hydrogen) atoms. The number of benzene rings is 2. The Morgan fingerprint density at radius 1 is 1.04 bits per heavy atom. The normalized spacial score (nSPS) is 10.2. The molecule has 0 saturated carbocycles. The first-order valence-electron chi connectivity index (χ1n) is 7.38. The van der Waals surface area contributed by atoms with Crippen LogP contribution in [0.5, 0.6) is 0 Å². The topological polar surface area (TPSA) is 58.7 Å². The minimum atomic E-state index is -0.132. The van der Waals surface area contributed by atoms with E-state index in [0.717, 1.165) is 11.1 Å². The molecule has 0 spiro atoms. The van der Waals surface area contributed by atoms with Gasteiger partial charge in [-0.3, -0.25) is 4.79 Å². The van der Waals surface area contributed by atoms with E-state index in [0.29, 0.717) is 24.4 Å². The highest BCUT2D eigenvalue weighted by Gasteiger charge is 2.15. The third-order valence-corrected chi connectivity index (χ3v) is 3.64. The number of nitrogens with zero attached hydrogens (tertiary/aromatic N) is 3. The maximum Gasteiger partial charge on any atom is 0.228 e. The zero-order valence-corrected chi connectivity index (χ0v) is 12.5. The van der Waals surface area contributed by atoms with E-state index >= 15 is 0 Å². The molecule has 4 heteroatoms. The fourth-order valence-electron chi connectivity index (χ4n) is 2.44. The van der Waals surface area contributed by atoms with Gasteiger partial charge in [-0.15, -0.1) is 0 Å². The lowest BCUT2D eigenvalue weighted by Gasteiger charge is -2.06. The second-order valence-corrected chi connectivity index (χ2v) is 5.12. The van der Waals surface area contributed by atoms with Gasteiger partial charge in [0.25, 0.3) is 0 Å². The predicted molar refractivity (Wildman–Crippen MR) is 87.8 cm³/mol.